The highest BCUT2D eigenvalue weighted by Gasteiger charge is 2.34. The van der Waals surface area contributed by atoms with Gasteiger partial charge in [0, 0.05) is 16.3 Å². The number of carbonyl (C=O) groups excluding carboxylic acids is 2. The molecule has 1 aliphatic rings. The van der Waals surface area contributed by atoms with Crippen LogP contribution in [0.5, 0.6) is 5.75 Å². The predicted octanol–water partition coefficient (Wildman–Crippen LogP) is 8.43. The van der Waals surface area contributed by atoms with Gasteiger partial charge in [-0.2, -0.15) is 5.10 Å². The molecule has 0 spiro atoms. The van der Waals surface area contributed by atoms with Gasteiger partial charge in [-0.15, -0.1) is 5.10 Å². The molecule has 0 radical (unpaired) electrons. The Balaban J connectivity index is 1.20. The van der Waals surface area contributed by atoms with E-state index in [-0.39, 0.29) is 25.0 Å². The molecule has 0 aliphatic carbocycles. The normalized spacial score (nSPS) is 14.8. The zero-order valence-corrected chi connectivity index (χ0v) is 26.9. The second-order valence-electron chi connectivity index (χ2n) is 10.6. The Morgan fingerprint density at radius 2 is 1.72 bits per heavy atom. The summed E-state index contributed by atoms with van der Waals surface area (Å²) in [7, 11) is 0. The summed E-state index contributed by atoms with van der Waals surface area (Å²) in [6, 6.07) is 34.1. The molecule has 5 aromatic rings. The van der Waals surface area contributed by atoms with Crippen molar-refractivity contribution in [3.63, 3.8) is 0 Å². The summed E-state index contributed by atoms with van der Waals surface area (Å²) in [5.41, 5.74) is 5.40. The fourth-order valence-corrected chi connectivity index (χ4v) is 5.81. The standard InChI is InChI=1S/C37H29ClN4O4S/c1-25-9-16-31(17-10-25)40-35(43)24-46-33-18-15-30(38)20-29(33)21-34-36(44)42(23-32-8-5-19-45-32)37(47-34)41-39-22-26-11-13-28(14-12-26)27-6-3-2-4-7-27/h2-22H,23-24H2,1H3,(H,40,43)/b34-21-,39-22+,41-37-. The van der Waals surface area contributed by atoms with E-state index in [4.69, 9.17) is 20.8 Å². The van der Waals surface area contributed by atoms with Crippen molar-refractivity contribution < 1.29 is 18.7 Å². The Kier molecular flexibility index (Phi) is 9.95. The minimum absolute atomic E-state index is 0.175. The number of halogens is 1. The highest BCUT2D eigenvalue weighted by atomic mass is 35.5. The largest absolute Gasteiger partial charge is 0.483 e. The maximum Gasteiger partial charge on any atom is 0.267 e. The van der Waals surface area contributed by atoms with Crippen LogP contribution >= 0.6 is 23.4 Å². The van der Waals surface area contributed by atoms with Crippen LogP contribution in [0.1, 0.15) is 22.5 Å². The third-order valence-electron chi connectivity index (χ3n) is 7.10. The molecule has 1 aromatic heterocycles. The number of benzene rings is 4. The highest BCUT2D eigenvalue weighted by molar-refractivity contribution is 8.18. The molecule has 0 saturated carbocycles. The average Bonchev–Trinajstić information content (AvgIpc) is 3.70. The maximum absolute atomic E-state index is 13.7. The molecule has 1 fully saturated rings. The van der Waals surface area contributed by atoms with E-state index in [1.54, 1.807) is 48.9 Å². The number of rotatable bonds is 10. The van der Waals surface area contributed by atoms with Gasteiger partial charge in [-0.05, 0) is 83.9 Å². The molecule has 10 heteroatoms. The molecule has 0 unspecified atom stereocenters. The third kappa shape index (κ3) is 8.26. The smallest absolute Gasteiger partial charge is 0.267 e. The van der Waals surface area contributed by atoms with Crippen molar-refractivity contribution in [3.8, 4) is 16.9 Å². The van der Waals surface area contributed by atoms with Crippen molar-refractivity contribution in [2.45, 2.75) is 13.5 Å². The van der Waals surface area contributed by atoms with Crippen LogP contribution in [-0.2, 0) is 16.1 Å². The molecule has 1 N–H and O–H groups in total. The van der Waals surface area contributed by atoms with Gasteiger partial charge in [0.15, 0.2) is 11.8 Å². The number of nitrogens with zero attached hydrogens (tertiary/aromatic N) is 3. The van der Waals surface area contributed by atoms with Crippen molar-refractivity contribution in [3.05, 3.63) is 148 Å². The zero-order valence-electron chi connectivity index (χ0n) is 25.3. The fraction of sp³-hybridized carbons (Fsp3) is 0.0811. The molecule has 2 amide bonds. The molecule has 0 atom stereocenters. The van der Waals surface area contributed by atoms with Crippen LogP contribution in [0.4, 0.5) is 5.69 Å². The van der Waals surface area contributed by atoms with Crippen LogP contribution < -0.4 is 10.1 Å². The molecule has 4 aromatic carbocycles. The Morgan fingerprint density at radius 3 is 2.47 bits per heavy atom. The van der Waals surface area contributed by atoms with Gasteiger partial charge in [0.2, 0.25) is 0 Å². The van der Waals surface area contributed by atoms with Crippen molar-refractivity contribution in [1.29, 1.82) is 0 Å². The molecule has 47 heavy (non-hydrogen) atoms. The van der Waals surface area contributed by atoms with Gasteiger partial charge in [0.05, 0.1) is 23.9 Å². The SMILES string of the molecule is Cc1ccc(NC(=O)COc2ccc(Cl)cc2/C=C2\S/C(=N\N=C\c3ccc(-c4ccccc4)cc3)N(Cc3ccco3)C2=O)cc1. The first-order valence-electron chi connectivity index (χ1n) is 14.7. The number of aryl methyl sites for hydroxylation is 1. The lowest BCUT2D eigenvalue weighted by Crippen LogP contribution is -2.28. The van der Waals surface area contributed by atoms with Gasteiger partial charge in [0.25, 0.3) is 11.8 Å². The van der Waals surface area contributed by atoms with Gasteiger partial charge in [-0.25, -0.2) is 0 Å². The number of amidine groups is 1. The van der Waals surface area contributed by atoms with E-state index in [1.807, 2.05) is 73.7 Å². The molecule has 234 valence electrons. The first-order chi connectivity index (χ1) is 22.9. The minimum atomic E-state index is -0.319. The number of thioether (sulfide) groups is 1. The van der Waals surface area contributed by atoms with Gasteiger partial charge < -0.3 is 14.5 Å². The van der Waals surface area contributed by atoms with Gasteiger partial charge in [-0.1, -0.05) is 83.9 Å². The van der Waals surface area contributed by atoms with Crippen molar-refractivity contribution in [1.82, 2.24) is 4.90 Å². The second kappa shape index (κ2) is 14.8. The lowest BCUT2D eigenvalue weighted by molar-refractivity contribution is -0.122. The Morgan fingerprint density at radius 1 is 0.957 bits per heavy atom. The van der Waals surface area contributed by atoms with Crippen molar-refractivity contribution in [2.24, 2.45) is 10.2 Å². The molecule has 1 aliphatic heterocycles. The number of hydrogen-bond donors (Lipinski definition) is 1. The number of anilines is 1. The quantitative estimate of drug-likeness (QED) is 0.0921. The zero-order chi connectivity index (χ0) is 32.6. The first-order valence-corrected chi connectivity index (χ1v) is 15.9. The molecular weight excluding hydrogens is 632 g/mol. The summed E-state index contributed by atoms with van der Waals surface area (Å²) in [5, 5.41) is 12.4. The highest BCUT2D eigenvalue weighted by Crippen LogP contribution is 2.36. The lowest BCUT2D eigenvalue weighted by atomic mass is 10.0. The summed E-state index contributed by atoms with van der Waals surface area (Å²) >= 11 is 7.50. The van der Waals surface area contributed by atoms with Crippen LogP contribution in [0, 0.1) is 6.92 Å². The van der Waals surface area contributed by atoms with Crippen LogP contribution in [0.15, 0.2) is 135 Å². The van der Waals surface area contributed by atoms with Gasteiger partial charge in [0.1, 0.15) is 11.5 Å². The second-order valence-corrected chi connectivity index (χ2v) is 12.0. The average molecular weight is 661 g/mol. The van der Waals surface area contributed by atoms with E-state index in [9.17, 15) is 9.59 Å². The lowest BCUT2D eigenvalue weighted by Gasteiger charge is -2.13. The van der Waals surface area contributed by atoms with Crippen LogP contribution in [-0.4, -0.2) is 34.7 Å². The number of hydrogen-bond acceptors (Lipinski definition) is 7. The molecule has 0 bridgehead atoms. The summed E-state index contributed by atoms with van der Waals surface area (Å²) < 4.78 is 11.4. The van der Waals surface area contributed by atoms with E-state index in [0.717, 1.165) is 22.3 Å². The predicted molar refractivity (Wildman–Crippen MR) is 188 cm³/mol. The topological polar surface area (TPSA) is 96.5 Å². The Labute approximate surface area is 281 Å². The number of furan rings is 1. The van der Waals surface area contributed by atoms with Crippen LogP contribution in [0.25, 0.3) is 17.2 Å². The molecule has 6 rings (SSSR count). The third-order valence-corrected chi connectivity index (χ3v) is 8.33. The molecule has 8 nitrogen and oxygen atoms in total. The summed E-state index contributed by atoms with van der Waals surface area (Å²) in [4.78, 5) is 28.1. The maximum atomic E-state index is 13.7. The van der Waals surface area contributed by atoms with Gasteiger partial charge in [-0.3, -0.25) is 14.5 Å². The molecule has 1 saturated heterocycles. The monoisotopic (exact) mass is 660 g/mol. The summed E-state index contributed by atoms with van der Waals surface area (Å²) in [6.45, 7) is 1.92. The number of ether oxygens (including phenoxy) is 1. The van der Waals surface area contributed by atoms with Gasteiger partial charge >= 0.3 is 0 Å². The number of amides is 2. The summed E-state index contributed by atoms with van der Waals surface area (Å²) in [5.74, 6) is 0.394. The number of nitrogens with one attached hydrogen (secondary N) is 1. The van der Waals surface area contributed by atoms with E-state index < -0.39 is 0 Å². The minimum Gasteiger partial charge on any atom is -0.483 e. The molecular formula is C37H29ClN4O4S. The van der Waals surface area contributed by atoms with Crippen LogP contribution in [0.2, 0.25) is 5.02 Å². The van der Waals surface area contributed by atoms with Crippen LogP contribution in [0.3, 0.4) is 0 Å². The Hall–Kier alpha value is -5.38. The van der Waals surface area contributed by atoms with E-state index in [2.05, 4.69) is 27.7 Å². The first kappa shape index (κ1) is 31.6. The van der Waals surface area contributed by atoms with E-state index in [0.29, 0.717) is 37.9 Å². The fourth-order valence-electron chi connectivity index (χ4n) is 4.70. The van der Waals surface area contributed by atoms with Crippen molar-refractivity contribution in [2.75, 3.05) is 11.9 Å². The summed E-state index contributed by atoms with van der Waals surface area (Å²) in [6.07, 6.45) is 4.87. The van der Waals surface area contributed by atoms with Crippen molar-refractivity contribution >= 4 is 58.3 Å². The number of carbonyl (C=O) groups is 2. The molecule has 2 heterocycles. The van der Waals surface area contributed by atoms with E-state index >= 15 is 0 Å². The van der Waals surface area contributed by atoms with E-state index in [1.165, 1.54) is 16.7 Å². The Bertz CT molecular complexity index is 1960.